The van der Waals surface area contributed by atoms with Crippen molar-refractivity contribution in [2.45, 2.75) is 44.1 Å². The summed E-state index contributed by atoms with van der Waals surface area (Å²) in [6.07, 6.45) is 7.20. The Hall–Kier alpha value is -3.30. The summed E-state index contributed by atoms with van der Waals surface area (Å²) in [6, 6.07) is 12.0. The van der Waals surface area contributed by atoms with E-state index in [1.807, 2.05) is 6.07 Å². The molecule has 4 fully saturated rings. The summed E-state index contributed by atoms with van der Waals surface area (Å²) in [5.41, 5.74) is 0.530. The predicted octanol–water partition coefficient (Wildman–Crippen LogP) is 3.62. The van der Waals surface area contributed by atoms with Gasteiger partial charge in [-0.05, 0) is 74.5 Å². The van der Waals surface area contributed by atoms with E-state index in [0.29, 0.717) is 11.3 Å². The van der Waals surface area contributed by atoms with Gasteiger partial charge in [-0.2, -0.15) is 15.8 Å². The van der Waals surface area contributed by atoms with Crippen LogP contribution in [0, 0.1) is 51.7 Å². The van der Waals surface area contributed by atoms with Crippen molar-refractivity contribution < 1.29 is 4.79 Å². The standard InChI is InChI=1S/C22H21N5O/c23-11-18(12-24)20(13-25)26-19-3-1-2-17(7-19)21(28)27-22-8-14-4-15(9-22)6-16(5-14)10-22/h1-3,7,14-16,26H,4-6,8-10H2,(H,27,28). The molecule has 5 rings (SSSR count). The topological polar surface area (TPSA) is 112 Å². The first-order chi connectivity index (χ1) is 13.5. The summed E-state index contributed by atoms with van der Waals surface area (Å²) in [5.74, 6) is 2.14. The third-order valence-corrected chi connectivity index (χ3v) is 6.40. The average molecular weight is 371 g/mol. The van der Waals surface area contributed by atoms with Gasteiger partial charge in [-0.15, -0.1) is 0 Å². The molecule has 1 amide bonds. The number of nitrogens with zero attached hydrogens (tertiary/aromatic N) is 3. The first-order valence-electron chi connectivity index (χ1n) is 9.68. The lowest BCUT2D eigenvalue weighted by molar-refractivity contribution is -0.0167. The number of carbonyl (C=O) groups is 1. The quantitative estimate of drug-likeness (QED) is 0.785. The van der Waals surface area contributed by atoms with Crippen LogP contribution in [0.15, 0.2) is 35.5 Å². The number of nitriles is 3. The van der Waals surface area contributed by atoms with Crippen molar-refractivity contribution in [1.82, 2.24) is 5.32 Å². The summed E-state index contributed by atoms with van der Waals surface area (Å²) < 4.78 is 0. The van der Waals surface area contributed by atoms with Crippen LogP contribution < -0.4 is 10.6 Å². The lowest BCUT2D eigenvalue weighted by Crippen LogP contribution is -2.59. The van der Waals surface area contributed by atoms with E-state index in [2.05, 4.69) is 10.6 Å². The maximum atomic E-state index is 13.0. The van der Waals surface area contributed by atoms with Gasteiger partial charge in [0.15, 0.2) is 5.57 Å². The van der Waals surface area contributed by atoms with Crippen molar-refractivity contribution in [3.63, 3.8) is 0 Å². The first-order valence-corrected chi connectivity index (χ1v) is 9.68. The van der Waals surface area contributed by atoms with Crippen LogP contribution >= 0.6 is 0 Å². The molecule has 0 aromatic heterocycles. The van der Waals surface area contributed by atoms with Gasteiger partial charge in [-0.3, -0.25) is 4.79 Å². The summed E-state index contributed by atoms with van der Waals surface area (Å²) >= 11 is 0. The van der Waals surface area contributed by atoms with Crippen molar-refractivity contribution in [3.8, 4) is 18.2 Å². The Labute approximate surface area is 164 Å². The number of allylic oxidation sites excluding steroid dienone is 2. The molecule has 0 spiro atoms. The molecule has 6 heteroatoms. The van der Waals surface area contributed by atoms with E-state index in [4.69, 9.17) is 10.5 Å². The zero-order valence-electron chi connectivity index (χ0n) is 15.5. The zero-order chi connectivity index (χ0) is 19.7. The minimum atomic E-state index is -0.286. The van der Waals surface area contributed by atoms with E-state index in [0.717, 1.165) is 37.0 Å². The molecule has 0 heterocycles. The second kappa shape index (κ2) is 7.02. The molecule has 0 atom stereocenters. The lowest BCUT2D eigenvalue weighted by Gasteiger charge is -2.56. The Balaban J connectivity index is 1.51. The SMILES string of the molecule is N#CC(C#N)=C(C#N)Nc1cccc(C(=O)NC23CC4CC(CC(C4)C2)C3)c1. The monoisotopic (exact) mass is 371 g/mol. The molecule has 0 aliphatic heterocycles. The number of hydrogen-bond donors (Lipinski definition) is 2. The fraction of sp³-hybridized carbons (Fsp3) is 0.455. The normalized spacial score (nSPS) is 29.1. The molecule has 0 unspecified atom stereocenters. The van der Waals surface area contributed by atoms with Crippen LogP contribution in [0.2, 0.25) is 0 Å². The minimum absolute atomic E-state index is 0.0677. The van der Waals surface area contributed by atoms with E-state index < -0.39 is 0 Å². The van der Waals surface area contributed by atoms with Gasteiger partial charge < -0.3 is 10.6 Å². The molecule has 1 aromatic rings. The van der Waals surface area contributed by atoms with Crippen LogP contribution in [0.25, 0.3) is 0 Å². The lowest BCUT2D eigenvalue weighted by atomic mass is 9.53. The van der Waals surface area contributed by atoms with E-state index in [1.165, 1.54) is 19.3 Å². The molecule has 6 nitrogen and oxygen atoms in total. The number of rotatable bonds is 4. The molecule has 2 N–H and O–H groups in total. The Morgan fingerprint density at radius 2 is 1.57 bits per heavy atom. The Morgan fingerprint density at radius 3 is 2.11 bits per heavy atom. The van der Waals surface area contributed by atoms with E-state index in [1.54, 1.807) is 36.4 Å². The summed E-state index contributed by atoms with van der Waals surface area (Å²) in [4.78, 5) is 13.0. The molecule has 4 aliphatic carbocycles. The number of hydrogen-bond acceptors (Lipinski definition) is 5. The molecule has 0 radical (unpaired) electrons. The van der Waals surface area contributed by atoms with Crippen molar-refractivity contribution in [2.24, 2.45) is 17.8 Å². The maximum Gasteiger partial charge on any atom is 0.251 e. The van der Waals surface area contributed by atoms with Crippen LogP contribution in [0.4, 0.5) is 5.69 Å². The highest BCUT2D eigenvalue weighted by atomic mass is 16.1. The second-order valence-corrected chi connectivity index (χ2v) is 8.44. The van der Waals surface area contributed by atoms with Crippen molar-refractivity contribution in [3.05, 3.63) is 41.1 Å². The minimum Gasteiger partial charge on any atom is -0.347 e. The van der Waals surface area contributed by atoms with Crippen molar-refractivity contribution in [1.29, 1.82) is 15.8 Å². The smallest absolute Gasteiger partial charge is 0.251 e. The molecule has 140 valence electrons. The summed E-state index contributed by atoms with van der Waals surface area (Å²) in [5, 5.41) is 33.2. The van der Waals surface area contributed by atoms with Crippen molar-refractivity contribution in [2.75, 3.05) is 5.32 Å². The summed E-state index contributed by atoms with van der Waals surface area (Å²) in [6.45, 7) is 0. The zero-order valence-corrected chi connectivity index (χ0v) is 15.5. The average Bonchev–Trinajstić information content (AvgIpc) is 2.67. The van der Waals surface area contributed by atoms with Crippen LogP contribution in [0.3, 0.4) is 0 Å². The number of amides is 1. The first kappa shape index (κ1) is 18.1. The highest BCUT2D eigenvalue weighted by molar-refractivity contribution is 5.95. The fourth-order valence-electron chi connectivity index (χ4n) is 5.74. The van der Waals surface area contributed by atoms with Gasteiger partial charge in [-0.25, -0.2) is 0 Å². The van der Waals surface area contributed by atoms with Crippen LogP contribution in [-0.4, -0.2) is 11.4 Å². The van der Waals surface area contributed by atoms with E-state index in [-0.39, 0.29) is 22.7 Å². The van der Waals surface area contributed by atoms with Gasteiger partial charge in [0.25, 0.3) is 5.91 Å². The van der Waals surface area contributed by atoms with Crippen LogP contribution in [-0.2, 0) is 0 Å². The van der Waals surface area contributed by atoms with Gasteiger partial charge >= 0.3 is 0 Å². The highest BCUT2D eigenvalue weighted by Gasteiger charge is 2.51. The Bertz CT molecular complexity index is 921. The molecule has 4 bridgehead atoms. The third-order valence-electron chi connectivity index (χ3n) is 6.40. The molecular formula is C22H21N5O. The number of benzene rings is 1. The van der Waals surface area contributed by atoms with Gasteiger partial charge in [0.05, 0.1) is 0 Å². The fourth-order valence-corrected chi connectivity index (χ4v) is 5.74. The van der Waals surface area contributed by atoms with Crippen LogP contribution in [0.5, 0.6) is 0 Å². The molecule has 1 aromatic carbocycles. The molecule has 4 saturated carbocycles. The number of carbonyl (C=O) groups excluding carboxylic acids is 1. The van der Waals surface area contributed by atoms with Gasteiger partial charge in [0, 0.05) is 16.8 Å². The largest absolute Gasteiger partial charge is 0.347 e. The van der Waals surface area contributed by atoms with Gasteiger partial charge in [-0.1, -0.05) is 6.07 Å². The van der Waals surface area contributed by atoms with Crippen LogP contribution in [0.1, 0.15) is 48.9 Å². The van der Waals surface area contributed by atoms with Gasteiger partial charge in [0.2, 0.25) is 0 Å². The molecule has 4 aliphatic rings. The third kappa shape index (κ3) is 3.32. The second-order valence-electron chi connectivity index (χ2n) is 8.44. The predicted molar refractivity (Wildman–Crippen MR) is 102 cm³/mol. The number of anilines is 1. The molecule has 0 saturated heterocycles. The Kier molecular flexibility index (Phi) is 4.54. The molecular weight excluding hydrogens is 350 g/mol. The molecule has 28 heavy (non-hydrogen) atoms. The number of nitrogens with one attached hydrogen (secondary N) is 2. The van der Waals surface area contributed by atoms with E-state index >= 15 is 0 Å². The summed E-state index contributed by atoms with van der Waals surface area (Å²) in [7, 11) is 0. The highest BCUT2D eigenvalue weighted by Crippen LogP contribution is 2.55. The van der Waals surface area contributed by atoms with Gasteiger partial charge in [0.1, 0.15) is 23.9 Å². The maximum absolute atomic E-state index is 13.0. The Morgan fingerprint density at radius 1 is 0.964 bits per heavy atom. The van der Waals surface area contributed by atoms with E-state index in [9.17, 15) is 10.1 Å². The van der Waals surface area contributed by atoms with Crippen molar-refractivity contribution >= 4 is 11.6 Å².